The van der Waals surface area contributed by atoms with Crippen LogP contribution in [-0.4, -0.2) is 18.1 Å². The van der Waals surface area contributed by atoms with Crippen LogP contribution >= 0.6 is 11.6 Å². The van der Waals surface area contributed by atoms with Gasteiger partial charge in [0.1, 0.15) is 5.54 Å². The van der Waals surface area contributed by atoms with Crippen molar-refractivity contribution in [1.82, 2.24) is 0 Å². The van der Waals surface area contributed by atoms with Gasteiger partial charge in [-0.3, -0.25) is 0 Å². The van der Waals surface area contributed by atoms with Crippen molar-refractivity contribution in [2.24, 2.45) is 5.92 Å². The molecule has 0 heterocycles. The first-order valence-corrected chi connectivity index (χ1v) is 8.15. The molecule has 2 rings (SSSR count). The maximum absolute atomic E-state index is 12.5. The molecule has 1 atom stereocenters. The molecule has 0 spiro atoms. The highest BCUT2D eigenvalue weighted by Gasteiger charge is 2.43. The zero-order valence-electron chi connectivity index (χ0n) is 12.8. The minimum absolute atomic E-state index is 0.170. The molecule has 1 aliphatic rings. The number of hydrogen-bond acceptors (Lipinski definition) is 3. The number of carbonyl (C=O) groups is 1. The van der Waals surface area contributed by atoms with Crippen LogP contribution in [0.5, 0.6) is 0 Å². The van der Waals surface area contributed by atoms with Gasteiger partial charge < -0.3 is 10.1 Å². The van der Waals surface area contributed by atoms with Gasteiger partial charge in [-0.05, 0) is 50.8 Å². The molecule has 1 N–H and O–H groups in total. The number of nitrogens with one attached hydrogen (secondary N) is 1. The minimum atomic E-state index is -0.693. The van der Waals surface area contributed by atoms with Crippen LogP contribution in [0.1, 0.15) is 46.0 Å². The van der Waals surface area contributed by atoms with E-state index in [0.717, 1.165) is 18.5 Å². The number of esters is 1. The molecule has 0 aromatic heterocycles. The smallest absolute Gasteiger partial charge is 0.331 e. The Labute approximate surface area is 132 Å². The summed E-state index contributed by atoms with van der Waals surface area (Å²) < 4.78 is 5.33. The summed E-state index contributed by atoms with van der Waals surface area (Å²) in [5.74, 6) is 0.126. The van der Waals surface area contributed by atoms with Crippen molar-refractivity contribution in [3.63, 3.8) is 0 Å². The third-order valence-electron chi connectivity index (χ3n) is 4.35. The topological polar surface area (TPSA) is 38.3 Å². The third-order valence-corrected chi connectivity index (χ3v) is 4.58. The number of carbonyl (C=O) groups excluding carboxylic acids is 1. The predicted octanol–water partition coefficient (Wildman–Crippen LogP) is 4.65. The van der Waals surface area contributed by atoms with E-state index in [1.54, 1.807) is 0 Å². The van der Waals surface area contributed by atoms with Gasteiger partial charge in [-0.2, -0.15) is 0 Å². The number of hydrogen-bond donors (Lipinski definition) is 1. The first-order valence-electron chi connectivity index (χ1n) is 7.77. The van der Waals surface area contributed by atoms with Gasteiger partial charge in [0.25, 0.3) is 0 Å². The van der Waals surface area contributed by atoms with Crippen molar-refractivity contribution in [1.29, 1.82) is 0 Å². The average molecular weight is 310 g/mol. The van der Waals surface area contributed by atoms with E-state index in [1.165, 1.54) is 19.3 Å². The SMILES string of the molecule is CCOC(=O)C(C)(Nc1cccc(Cl)c1)C1CCCCC1. The van der Waals surface area contributed by atoms with E-state index in [4.69, 9.17) is 16.3 Å². The minimum Gasteiger partial charge on any atom is -0.464 e. The maximum Gasteiger partial charge on any atom is 0.331 e. The molecule has 116 valence electrons. The van der Waals surface area contributed by atoms with Crippen molar-refractivity contribution in [3.05, 3.63) is 29.3 Å². The highest BCUT2D eigenvalue weighted by Crippen LogP contribution is 2.36. The second-order valence-electron chi connectivity index (χ2n) is 5.89. The zero-order chi connectivity index (χ0) is 15.3. The van der Waals surface area contributed by atoms with Crippen LogP contribution in [0.3, 0.4) is 0 Å². The molecular weight excluding hydrogens is 286 g/mol. The van der Waals surface area contributed by atoms with Crippen molar-refractivity contribution >= 4 is 23.3 Å². The largest absolute Gasteiger partial charge is 0.464 e. The van der Waals surface area contributed by atoms with E-state index in [0.29, 0.717) is 17.5 Å². The van der Waals surface area contributed by atoms with E-state index in [9.17, 15) is 4.79 Å². The van der Waals surface area contributed by atoms with E-state index in [2.05, 4.69) is 5.32 Å². The Hall–Kier alpha value is -1.22. The summed E-state index contributed by atoms with van der Waals surface area (Å²) in [6, 6.07) is 7.50. The lowest BCUT2D eigenvalue weighted by Crippen LogP contribution is -2.51. The van der Waals surface area contributed by atoms with Gasteiger partial charge in [0, 0.05) is 10.7 Å². The van der Waals surface area contributed by atoms with Gasteiger partial charge in [-0.1, -0.05) is 36.9 Å². The van der Waals surface area contributed by atoms with E-state index < -0.39 is 5.54 Å². The molecule has 0 saturated heterocycles. The fourth-order valence-corrected chi connectivity index (χ4v) is 3.34. The van der Waals surface area contributed by atoms with Gasteiger partial charge in [-0.15, -0.1) is 0 Å². The molecule has 1 aromatic rings. The molecule has 3 nitrogen and oxygen atoms in total. The summed E-state index contributed by atoms with van der Waals surface area (Å²) in [7, 11) is 0. The number of halogens is 1. The quantitative estimate of drug-likeness (QED) is 0.804. The monoisotopic (exact) mass is 309 g/mol. The third kappa shape index (κ3) is 3.91. The summed E-state index contributed by atoms with van der Waals surface area (Å²) in [6.45, 7) is 4.21. The van der Waals surface area contributed by atoms with Crippen LogP contribution in [0.2, 0.25) is 5.02 Å². The molecule has 21 heavy (non-hydrogen) atoms. The van der Waals surface area contributed by atoms with Gasteiger partial charge in [0.15, 0.2) is 0 Å². The summed E-state index contributed by atoms with van der Waals surface area (Å²) >= 11 is 6.04. The summed E-state index contributed by atoms with van der Waals surface area (Å²) in [4.78, 5) is 12.5. The Morgan fingerprint density at radius 1 is 1.38 bits per heavy atom. The van der Waals surface area contributed by atoms with Gasteiger partial charge >= 0.3 is 5.97 Å². The molecular formula is C17H24ClNO2. The lowest BCUT2D eigenvalue weighted by atomic mass is 9.75. The Bertz CT molecular complexity index is 485. The molecule has 1 aliphatic carbocycles. The first-order chi connectivity index (χ1) is 10.1. The lowest BCUT2D eigenvalue weighted by Gasteiger charge is -2.39. The number of anilines is 1. The van der Waals surface area contributed by atoms with Crippen LogP contribution in [0.15, 0.2) is 24.3 Å². The molecule has 0 aliphatic heterocycles. The highest BCUT2D eigenvalue weighted by molar-refractivity contribution is 6.30. The highest BCUT2D eigenvalue weighted by atomic mass is 35.5. The maximum atomic E-state index is 12.5. The predicted molar refractivity (Wildman–Crippen MR) is 86.7 cm³/mol. The van der Waals surface area contributed by atoms with Crippen molar-refractivity contribution in [2.45, 2.75) is 51.5 Å². The number of benzene rings is 1. The van der Waals surface area contributed by atoms with Crippen molar-refractivity contribution < 1.29 is 9.53 Å². The van der Waals surface area contributed by atoms with Crippen molar-refractivity contribution in [3.8, 4) is 0 Å². The summed E-state index contributed by atoms with van der Waals surface area (Å²) in [6.07, 6.45) is 5.73. The lowest BCUT2D eigenvalue weighted by molar-refractivity contribution is -0.150. The standard InChI is InChI=1S/C17H24ClNO2/c1-3-21-16(20)17(2,13-8-5-4-6-9-13)19-15-11-7-10-14(18)12-15/h7,10-13,19H,3-6,8-9H2,1-2H3. The Morgan fingerprint density at radius 2 is 2.10 bits per heavy atom. The molecule has 0 bridgehead atoms. The molecule has 1 unspecified atom stereocenters. The van der Waals surface area contributed by atoms with Gasteiger partial charge in [0.05, 0.1) is 6.61 Å². The second kappa shape index (κ2) is 7.17. The number of rotatable bonds is 5. The first kappa shape index (κ1) is 16.2. The van der Waals surface area contributed by atoms with E-state index in [1.807, 2.05) is 38.1 Å². The van der Waals surface area contributed by atoms with Crippen LogP contribution in [-0.2, 0) is 9.53 Å². The summed E-state index contributed by atoms with van der Waals surface area (Å²) in [5.41, 5.74) is 0.171. The normalized spacial score (nSPS) is 18.8. The molecule has 1 fully saturated rings. The number of ether oxygens (including phenoxy) is 1. The fraction of sp³-hybridized carbons (Fsp3) is 0.588. The summed E-state index contributed by atoms with van der Waals surface area (Å²) in [5, 5.41) is 4.05. The van der Waals surface area contributed by atoms with Crippen LogP contribution in [0, 0.1) is 5.92 Å². The molecule has 1 saturated carbocycles. The Morgan fingerprint density at radius 3 is 2.71 bits per heavy atom. The van der Waals surface area contributed by atoms with Crippen molar-refractivity contribution in [2.75, 3.05) is 11.9 Å². The second-order valence-corrected chi connectivity index (χ2v) is 6.33. The zero-order valence-corrected chi connectivity index (χ0v) is 13.6. The van der Waals surface area contributed by atoms with Crippen LogP contribution < -0.4 is 5.32 Å². The van der Waals surface area contributed by atoms with Crippen LogP contribution in [0.25, 0.3) is 0 Å². The Kier molecular flexibility index (Phi) is 5.51. The van der Waals surface area contributed by atoms with E-state index >= 15 is 0 Å². The molecule has 0 radical (unpaired) electrons. The van der Waals surface area contributed by atoms with E-state index in [-0.39, 0.29) is 5.97 Å². The molecule has 4 heteroatoms. The Balaban J connectivity index is 2.24. The van der Waals surface area contributed by atoms with Gasteiger partial charge in [-0.25, -0.2) is 4.79 Å². The fourth-order valence-electron chi connectivity index (χ4n) is 3.15. The molecule has 0 amide bonds. The van der Waals surface area contributed by atoms with Crippen LogP contribution in [0.4, 0.5) is 5.69 Å². The average Bonchev–Trinajstić information content (AvgIpc) is 2.48. The molecule has 1 aromatic carbocycles. The van der Waals surface area contributed by atoms with Gasteiger partial charge in [0.2, 0.25) is 0 Å².